The number of hydrogen-bond acceptors (Lipinski definition) is 10. The first-order valence-corrected chi connectivity index (χ1v) is 17.6. The first kappa shape index (κ1) is 33.8. The number of rotatable bonds is 9. The maximum absolute atomic E-state index is 11.5. The third kappa shape index (κ3) is 7.81. The fraction of sp³-hybridized carbons (Fsp3) is 0.229. The maximum Gasteiger partial charge on any atom is 0.300 e. The highest BCUT2D eigenvalue weighted by Gasteiger charge is 2.26. The summed E-state index contributed by atoms with van der Waals surface area (Å²) < 4.78 is 4.88. The van der Waals surface area contributed by atoms with E-state index in [0.29, 0.717) is 42.8 Å². The molecule has 0 radical (unpaired) electrons. The summed E-state index contributed by atoms with van der Waals surface area (Å²) in [5.41, 5.74) is 7.69. The SMILES string of the molecule is Cc1cc(/C=C/c2ccc(N=C(SCc3ccc(CBr)cc3)N3CCN(c4ccc([N+](=O)[O-])c5nonc45)CC3)cc2)cc(C)c1[N+](=O)[O-]. The number of nitro groups is 2. The van der Waals surface area contributed by atoms with Gasteiger partial charge in [0.25, 0.3) is 5.69 Å². The van der Waals surface area contributed by atoms with E-state index >= 15 is 0 Å². The van der Waals surface area contributed by atoms with E-state index in [-0.39, 0.29) is 21.8 Å². The number of nitro benzene ring substituents is 2. The van der Waals surface area contributed by atoms with Gasteiger partial charge in [-0.05, 0) is 76.7 Å². The molecule has 250 valence electrons. The molecule has 12 nitrogen and oxygen atoms in total. The summed E-state index contributed by atoms with van der Waals surface area (Å²) in [6, 6.07) is 23.3. The summed E-state index contributed by atoms with van der Waals surface area (Å²) in [6.45, 7) is 6.20. The van der Waals surface area contributed by atoms with E-state index in [1.807, 2.05) is 48.6 Å². The number of aryl methyl sites for hydroxylation is 2. The monoisotopic (exact) mass is 741 g/mol. The number of piperazine rings is 1. The highest BCUT2D eigenvalue weighted by atomic mass is 79.9. The van der Waals surface area contributed by atoms with Crippen molar-refractivity contribution in [3.63, 3.8) is 0 Å². The second-order valence-electron chi connectivity index (χ2n) is 11.6. The van der Waals surface area contributed by atoms with E-state index < -0.39 is 4.92 Å². The first-order valence-electron chi connectivity index (χ1n) is 15.5. The zero-order valence-electron chi connectivity index (χ0n) is 26.8. The molecule has 5 aromatic rings. The van der Waals surface area contributed by atoms with Crippen molar-refractivity contribution in [2.45, 2.75) is 24.9 Å². The summed E-state index contributed by atoms with van der Waals surface area (Å²) in [7, 11) is 0. The average molecular weight is 743 g/mol. The Morgan fingerprint density at radius 3 is 2.12 bits per heavy atom. The second-order valence-corrected chi connectivity index (χ2v) is 13.1. The topological polar surface area (TPSA) is 144 Å². The molecule has 1 aromatic heterocycles. The molecule has 0 bridgehead atoms. The van der Waals surface area contributed by atoms with Gasteiger partial charge in [-0.3, -0.25) is 20.2 Å². The molecule has 4 aromatic carbocycles. The van der Waals surface area contributed by atoms with Gasteiger partial charge in [-0.2, -0.15) is 0 Å². The van der Waals surface area contributed by atoms with Gasteiger partial charge in [-0.1, -0.05) is 76.2 Å². The van der Waals surface area contributed by atoms with Crippen molar-refractivity contribution in [1.82, 2.24) is 15.2 Å². The number of hydrogen-bond donors (Lipinski definition) is 0. The molecule has 0 atom stereocenters. The molecule has 6 rings (SSSR count). The lowest BCUT2D eigenvalue weighted by Gasteiger charge is -2.37. The molecule has 49 heavy (non-hydrogen) atoms. The minimum atomic E-state index is -0.481. The number of aliphatic imine (C=N–C) groups is 1. The lowest BCUT2D eigenvalue weighted by atomic mass is 10.0. The Morgan fingerprint density at radius 1 is 0.857 bits per heavy atom. The van der Waals surface area contributed by atoms with Crippen LogP contribution in [0, 0.1) is 34.1 Å². The largest absolute Gasteiger partial charge is 0.366 e. The Labute approximate surface area is 294 Å². The van der Waals surface area contributed by atoms with Crippen LogP contribution in [-0.2, 0) is 11.1 Å². The summed E-state index contributed by atoms with van der Waals surface area (Å²) >= 11 is 5.20. The van der Waals surface area contributed by atoms with Crippen molar-refractivity contribution in [2.24, 2.45) is 4.99 Å². The van der Waals surface area contributed by atoms with Gasteiger partial charge < -0.3 is 9.80 Å². The predicted molar refractivity (Wildman–Crippen MR) is 198 cm³/mol. The Hall–Kier alpha value is -5.08. The Morgan fingerprint density at radius 2 is 1.49 bits per heavy atom. The zero-order valence-corrected chi connectivity index (χ0v) is 29.2. The summed E-state index contributed by atoms with van der Waals surface area (Å²) in [4.78, 5) is 31.5. The molecule has 1 fully saturated rings. The molecule has 1 aliphatic heterocycles. The highest BCUT2D eigenvalue weighted by Crippen LogP contribution is 2.32. The average Bonchev–Trinajstić information content (AvgIpc) is 3.59. The summed E-state index contributed by atoms with van der Waals surface area (Å²) in [6.07, 6.45) is 3.94. The number of non-ortho nitro benzene ring substituents is 1. The number of fused-ring (bicyclic) bond motifs is 1. The Bertz CT molecular complexity index is 2030. The molecule has 0 N–H and O–H groups in total. The van der Waals surface area contributed by atoms with E-state index in [4.69, 9.17) is 9.62 Å². The number of benzene rings is 4. The van der Waals surface area contributed by atoms with Crippen LogP contribution in [0.4, 0.5) is 22.7 Å². The van der Waals surface area contributed by atoms with Crippen molar-refractivity contribution < 1.29 is 14.5 Å². The van der Waals surface area contributed by atoms with E-state index in [1.54, 1.807) is 31.7 Å². The first-order chi connectivity index (χ1) is 23.7. The molecule has 1 aliphatic rings. The zero-order chi connectivity index (χ0) is 34.5. The van der Waals surface area contributed by atoms with Crippen LogP contribution in [0.3, 0.4) is 0 Å². The lowest BCUT2D eigenvalue weighted by Crippen LogP contribution is -2.48. The van der Waals surface area contributed by atoms with Gasteiger partial charge in [0.1, 0.15) is 0 Å². The molecule has 0 unspecified atom stereocenters. The van der Waals surface area contributed by atoms with E-state index in [9.17, 15) is 20.2 Å². The third-order valence-corrected chi connectivity index (χ3v) is 10.0. The van der Waals surface area contributed by atoms with Crippen molar-refractivity contribution in [2.75, 3.05) is 31.1 Å². The van der Waals surface area contributed by atoms with E-state index in [1.165, 1.54) is 17.2 Å². The summed E-state index contributed by atoms with van der Waals surface area (Å²) in [5, 5.41) is 32.3. The van der Waals surface area contributed by atoms with Gasteiger partial charge in [0.2, 0.25) is 5.52 Å². The van der Waals surface area contributed by atoms with Crippen LogP contribution in [0.5, 0.6) is 0 Å². The van der Waals surface area contributed by atoms with Crippen LogP contribution in [0.1, 0.15) is 33.4 Å². The Balaban J connectivity index is 1.20. The van der Waals surface area contributed by atoms with Gasteiger partial charge >= 0.3 is 5.69 Å². The number of amidine groups is 1. The highest BCUT2D eigenvalue weighted by molar-refractivity contribution is 9.08. The summed E-state index contributed by atoms with van der Waals surface area (Å²) in [5.74, 6) is 0.754. The fourth-order valence-corrected chi connectivity index (χ4v) is 7.18. The number of aromatic nitrogens is 2. The van der Waals surface area contributed by atoms with Crippen molar-refractivity contribution in [1.29, 1.82) is 0 Å². The fourth-order valence-electron chi connectivity index (χ4n) is 5.78. The standard InChI is InChI=1S/C35H32BrN7O5S/c1-23-19-28(20-24(2)34(23)43(46)47)8-3-25-9-11-29(12-10-25)37-35(49-22-27-6-4-26(21-36)5-7-27)41-17-15-40(16-18-41)30-13-14-31(42(44)45)33-32(30)38-48-39-33/h3-14,19-20H,15-18,21-22H2,1-2H3/b8-3+,37-35?. The van der Waals surface area contributed by atoms with Gasteiger partial charge in [0.05, 0.1) is 21.2 Å². The second kappa shape index (κ2) is 15.0. The maximum atomic E-state index is 11.5. The quantitative estimate of drug-likeness (QED) is 0.0360. The van der Waals surface area contributed by atoms with Crippen LogP contribution in [0.25, 0.3) is 23.2 Å². The molecule has 0 spiro atoms. The minimum absolute atomic E-state index is 0.133. The van der Waals surface area contributed by atoms with Crippen LogP contribution in [-0.4, -0.2) is 56.4 Å². The van der Waals surface area contributed by atoms with Crippen LogP contribution in [0.15, 0.2) is 82.4 Å². The van der Waals surface area contributed by atoms with E-state index in [0.717, 1.165) is 38.8 Å². The van der Waals surface area contributed by atoms with Crippen molar-refractivity contribution in [3.8, 4) is 0 Å². The van der Waals surface area contributed by atoms with E-state index in [2.05, 4.69) is 60.3 Å². The van der Waals surface area contributed by atoms with Crippen LogP contribution >= 0.6 is 27.7 Å². The number of nitrogens with zero attached hydrogens (tertiary/aromatic N) is 7. The molecule has 0 aliphatic carbocycles. The normalized spacial score (nSPS) is 13.8. The Kier molecular flexibility index (Phi) is 10.3. The third-order valence-electron chi connectivity index (χ3n) is 8.29. The van der Waals surface area contributed by atoms with Crippen molar-refractivity contribution >= 4 is 78.8 Å². The molecule has 2 heterocycles. The number of alkyl halides is 1. The van der Waals surface area contributed by atoms with Crippen LogP contribution < -0.4 is 4.90 Å². The molecule has 0 saturated carbocycles. The number of anilines is 1. The van der Waals surface area contributed by atoms with Gasteiger partial charge in [0, 0.05) is 54.5 Å². The van der Waals surface area contributed by atoms with Crippen molar-refractivity contribution in [3.05, 3.63) is 126 Å². The number of thioether (sulfide) groups is 1. The lowest BCUT2D eigenvalue weighted by molar-refractivity contribution is -0.386. The molecule has 14 heteroatoms. The van der Waals surface area contributed by atoms with Gasteiger partial charge in [0.15, 0.2) is 10.7 Å². The molecular weight excluding hydrogens is 710 g/mol. The molecule has 1 saturated heterocycles. The van der Waals surface area contributed by atoms with Gasteiger partial charge in [-0.25, -0.2) is 9.62 Å². The van der Waals surface area contributed by atoms with Gasteiger partial charge in [-0.15, -0.1) is 0 Å². The minimum Gasteiger partial charge on any atom is -0.366 e. The molecule has 0 amide bonds. The predicted octanol–water partition coefficient (Wildman–Crippen LogP) is 8.46. The number of halogens is 1. The van der Waals surface area contributed by atoms with Crippen LogP contribution in [0.2, 0.25) is 0 Å². The smallest absolute Gasteiger partial charge is 0.300 e. The molecular formula is C35H32BrN7O5S.